The van der Waals surface area contributed by atoms with Gasteiger partial charge in [0.1, 0.15) is 0 Å². The van der Waals surface area contributed by atoms with E-state index in [1.165, 1.54) is 19.3 Å². The van der Waals surface area contributed by atoms with Gasteiger partial charge in [0.25, 0.3) is 0 Å². The highest BCUT2D eigenvalue weighted by Gasteiger charge is 2.15. The zero-order chi connectivity index (χ0) is 13.9. The summed E-state index contributed by atoms with van der Waals surface area (Å²) in [5, 5.41) is 6.33. The molecule has 0 bridgehead atoms. The molecule has 1 fully saturated rings. The molecule has 112 valence electrons. The van der Waals surface area contributed by atoms with Gasteiger partial charge in [-0.3, -0.25) is 4.79 Å². The number of rotatable bonds is 9. The van der Waals surface area contributed by atoms with Gasteiger partial charge in [0.2, 0.25) is 5.91 Å². The summed E-state index contributed by atoms with van der Waals surface area (Å²) in [5.41, 5.74) is 0. The van der Waals surface area contributed by atoms with Crippen LogP contribution in [0.15, 0.2) is 0 Å². The quantitative estimate of drug-likeness (QED) is 0.623. The number of piperidine rings is 1. The van der Waals surface area contributed by atoms with E-state index in [2.05, 4.69) is 10.6 Å². The Morgan fingerprint density at radius 1 is 1.32 bits per heavy atom. The zero-order valence-electron chi connectivity index (χ0n) is 12.2. The van der Waals surface area contributed by atoms with Gasteiger partial charge >= 0.3 is 0 Å². The fourth-order valence-corrected chi connectivity index (χ4v) is 2.30. The maximum absolute atomic E-state index is 11.7. The standard InChI is InChI=1S/C14H28N2O3/c1-3-18-14(19-4-2)11-16-13(17)9-8-12-7-5-6-10-15-12/h12,14-15H,3-11H2,1-2H3,(H,16,17). The van der Waals surface area contributed by atoms with Crippen LogP contribution in [-0.2, 0) is 14.3 Å². The molecule has 1 heterocycles. The number of carbonyl (C=O) groups excluding carboxylic acids is 1. The number of hydrogen-bond donors (Lipinski definition) is 2. The summed E-state index contributed by atoms with van der Waals surface area (Å²) in [4.78, 5) is 11.7. The molecule has 1 amide bonds. The first-order valence-electron chi connectivity index (χ1n) is 7.49. The van der Waals surface area contributed by atoms with Crippen molar-refractivity contribution >= 4 is 5.91 Å². The molecule has 0 radical (unpaired) electrons. The van der Waals surface area contributed by atoms with Crippen molar-refractivity contribution in [2.45, 2.75) is 58.3 Å². The lowest BCUT2D eigenvalue weighted by atomic mass is 10.0. The Morgan fingerprint density at radius 2 is 2.05 bits per heavy atom. The molecule has 1 aliphatic heterocycles. The lowest BCUT2D eigenvalue weighted by Crippen LogP contribution is -2.38. The molecule has 1 atom stereocenters. The fraction of sp³-hybridized carbons (Fsp3) is 0.929. The summed E-state index contributed by atoms with van der Waals surface area (Å²) in [7, 11) is 0. The Hall–Kier alpha value is -0.650. The summed E-state index contributed by atoms with van der Waals surface area (Å²) in [5.74, 6) is 0.0804. The molecule has 0 saturated carbocycles. The molecule has 1 rings (SSSR count). The monoisotopic (exact) mass is 272 g/mol. The minimum absolute atomic E-state index is 0.0804. The highest BCUT2D eigenvalue weighted by Crippen LogP contribution is 2.11. The Morgan fingerprint density at radius 3 is 2.63 bits per heavy atom. The lowest BCUT2D eigenvalue weighted by molar-refractivity contribution is -0.140. The van der Waals surface area contributed by atoms with Crippen LogP contribution in [0.4, 0.5) is 0 Å². The number of ether oxygens (including phenoxy) is 2. The van der Waals surface area contributed by atoms with Gasteiger partial charge in [-0.1, -0.05) is 6.42 Å². The molecule has 19 heavy (non-hydrogen) atoms. The molecule has 1 saturated heterocycles. The van der Waals surface area contributed by atoms with Gasteiger partial charge in [0, 0.05) is 25.7 Å². The predicted octanol–water partition coefficient (Wildman–Crippen LogP) is 1.42. The van der Waals surface area contributed by atoms with Crippen molar-refractivity contribution in [2.24, 2.45) is 0 Å². The number of amides is 1. The van der Waals surface area contributed by atoms with Gasteiger partial charge in [0.15, 0.2) is 6.29 Å². The van der Waals surface area contributed by atoms with Crippen LogP contribution in [0.5, 0.6) is 0 Å². The first kappa shape index (κ1) is 16.4. The first-order valence-corrected chi connectivity index (χ1v) is 7.49. The van der Waals surface area contributed by atoms with Crippen molar-refractivity contribution in [1.29, 1.82) is 0 Å². The minimum Gasteiger partial charge on any atom is -0.351 e. The summed E-state index contributed by atoms with van der Waals surface area (Å²) in [6.45, 7) is 6.53. The second kappa shape index (κ2) is 10.2. The molecule has 0 aromatic carbocycles. The summed E-state index contributed by atoms with van der Waals surface area (Å²) in [6.07, 6.45) is 4.88. The van der Waals surface area contributed by atoms with Gasteiger partial charge in [0.05, 0.1) is 6.54 Å². The van der Waals surface area contributed by atoms with Crippen molar-refractivity contribution < 1.29 is 14.3 Å². The molecule has 0 aromatic rings. The van der Waals surface area contributed by atoms with Crippen molar-refractivity contribution in [1.82, 2.24) is 10.6 Å². The molecule has 1 unspecified atom stereocenters. The lowest BCUT2D eigenvalue weighted by Gasteiger charge is -2.23. The zero-order valence-corrected chi connectivity index (χ0v) is 12.2. The molecular formula is C14H28N2O3. The topological polar surface area (TPSA) is 59.6 Å². The minimum atomic E-state index is -0.327. The van der Waals surface area contributed by atoms with Crippen LogP contribution in [0, 0.1) is 0 Å². The second-order valence-corrected chi connectivity index (χ2v) is 4.83. The molecule has 0 spiro atoms. The van der Waals surface area contributed by atoms with Crippen LogP contribution in [0.2, 0.25) is 0 Å². The van der Waals surface area contributed by atoms with E-state index < -0.39 is 0 Å². The Bertz CT molecular complexity index is 237. The highest BCUT2D eigenvalue weighted by molar-refractivity contribution is 5.75. The molecule has 1 aliphatic rings. The Labute approximate surface area is 116 Å². The second-order valence-electron chi connectivity index (χ2n) is 4.83. The van der Waals surface area contributed by atoms with Crippen LogP contribution < -0.4 is 10.6 Å². The average Bonchev–Trinajstić information content (AvgIpc) is 2.44. The molecule has 0 aliphatic carbocycles. The predicted molar refractivity (Wildman–Crippen MR) is 74.9 cm³/mol. The third kappa shape index (κ3) is 7.50. The Balaban J connectivity index is 2.11. The normalized spacial score (nSPS) is 19.6. The summed E-state index contributed by atoms with van der Waals surface area (Å²) in [6, 6.07) is 0.508. The maximum atomic E-state index is 11.7. The SMILES string of the molecule is CCOC(CNC(=O)CCC1CCCCN1)OCC. The van der Waals surface area contributed by atoms with E-state index in [0.29, 0.717) is 32.2 Å². The van der Waals surface area contributed by atoms with E-state index in [0.717, 1.165) is 13.0 Å². The highest BCUT2D eigenvalue weighted by atomic mass is 16.7. The largest absolute Gasteiger partial charge is 0.351 e. The van der Waals surface area contributed by atoms with E-state index in [9.17, 15) is 4.79 Å². The van der Waals surface area contributed by atoms with Crippen LogP contribution in [-0.4, -0.2) is 44.5 Å². The van der Waals surface area contributed by atoms with Crippen molar-refractivity contribution in [3.63, 3.8) is 0 Å². The van der Waals surface area contributed by atoms with Crippen molar-refractivity contribution in [2.75, 3.05) is 26.3 Å². The molecule has 2 N–H and O–H groups in total. The van der Waals surface area contributed by atoms with Gasteiger partial charge in [-0.15, -0.1) is 0 Å². The van der Waals surface area contributed by atoms with E-state index in [1.54, 1.807) is 0 Å². The van der Waals surface area contributed by atoms with E-state index >= 15 is 0 Å². The fourth-order valence-electron chi connectivity index (χ4n) is 2.30. The Kier molecular flexibility index (Phi) is 8.79. The number of nitrogens with one attached hydrogen (secondary N) is 2. The third-order valence-electron chi connectivity index (χ3n) is 3.30. The van der Waals surface area contributed by atoms with E-state index in [-0.39, 0.29) is 12.2 Å². The van der Waals surface area contributed by atoms with Gasteiger partial charge in [-0.2, -0.15) is 0 Å². The maximum Gasteiger partial charge on any atom is 0.220 e. The van der Waals surface area contributed by atoms with Crippen LogP contribution in [0.25, 0.3) is 0 Å². The van der Waals surface area contributed by atoms with E-state index in [1.807, 2.05) is 13.8 Å². The van der Waals surface area contributed by atoms with Gasteiger partial charge in [-0.25, -0.2) is 0 Å². The number of hydrogen-bond acceptors (Lipinski definition) is 4. The summed E-state index contributed by atoms with van der Waals surface area (Å²) < 4.78 is 10.8. The van der Waals surface area contributed by atoms with E-state index in [4.69, 9.17) is 9.47 Å². The molecule has 5 heteroatoms. The van der Waals surface area contributed by atoms with Crippen molar-refractivity contribution in [3.05, 3.63) is 0 Å². The van der Waals surface area contributed by atoms with Crippen LogP contribution in [0.3, 0.4) is 0 Å². The third-order valence-corrected chi connectivity index (χ3v) is 3.30. The summed E-state index contributed by atoms with van der Waals surface area (Å²) >= 11 is 0. The average molecular weight is 272 g/mol. The van der Waals surface area contributed by atoms with Crippen LogP contribution >= 0.6 is 0 Å². The molecule has 5 nitrogen and oxygen atoms in total. The van der Waals surface area contributed by atoms with Crippen molar-refractivity contribution in [3.8, 4) is 0 Å². The van der Waals surface area contributed by atoms with Gasteiger partial charge < -0.3 is 20.1 Å². The number of carbonyl (C=O) groups is 1. The first-order chi connectivity index (χ1) is 9.26. The smallest absolute Gasteiger partial charge is 0.220 e. The van der Waals surface area contributed by atoms with Crippen LogP contribution in [0.1, 0.15) is 46.0 Å². The molecule has 0 aromatic heterocycles. The van der Waals surface area contributed by atoms with Gasteiger partial charge in [-0.05, 0) is 39.7 Å². The molecular weight excluding hydrogens is 244 g/mol.